The van der Waals surface area contributed by atoms with Crippen LogP contribution >= 0.6 is 18.9 Å². The number of urea groups is 1. The number of primary amides is 1. The fourth-order valence-corrected chi connectivity index (χ4v) is 18.9. The predicted molar refractivity (Wildman–Crippen MR) is 401 cm³/mol. The Morgan fingerprint density at radius 3 is 2.26 bits per heavy atom. The SMILES string of the molecule is Cc1c(-c2ccc(N3CCc4cccc(C(=O)Nc5nc6ccccc6s5)c4C3)nc2C(=O)O)cnn1CC12CC3(C)CC(C)(C1)CC(OCCOCCN(CCCP(=O)(O)O)C(=O)OCc1ccc(NC(=O)[C@H](CCCNC(N)=O)CC(=O)[C@@H](NC(=O)CCCCCN4C(=O)C=CC4=O)C(C)C)cc1)(C3)C2. The van der Waals surface area contributed by atoms with Crippen molar-refractivity contribution in [3.05, 3.63) is 131 Å². The largest absolute Gasteiger partial charge is 0.476 e. The smallest absolute Gasteiger partial charge is 0.410 e. The summed E-state index contributed by atoms with van der Waals surface area (Å²) in [5.74, 6) is -4.04. The number of nitrogens with zero attached hydrogens (tertiary/aromatic N) is 7. The molecule has 30 heteroatoms. The van der Waals surface area contributed by atoms with Gasteiger partial charge in [0.25, 0.3) is 17.7 Å². The molecule has 3 aromatic carbocycles. The summed E-state index contributed by atoms with van der Waals surface area (Å²) in [6.45, 7) is 12.6. The summed E-state index contributed by atoms with van der Waals surface area (Å²) in [5, 5.41) is 27.4. The van der Waals surface area contributed by atoms with Crippen LogP contribution in [0.3, 0.4) is 0 Å². The van der Waals surface area contributed by atoms with Crippen LogP contribution in [0.15, 0.2) is 97.2 Å². The molecule has 2 unspecified atom stereocenters. The molecule has 0 spiro atoms. The van der Waals surface area contributed by atoms with E-state index in [1.54, 1.807) is 50.4 Å². The number of aromatic nitrogens is 4. The van der Waals surface area contributed by atoms with Gasteiger partial charge in [-0.05, 0) is 165 Å². The Kier molecular flexibility index (Phi) is 25.0. The Bertz CT molecular complexity index is 4330. The number of amides is 8. The standard InChI is InChI=1S/C77H97N12O16PS/c1-49(2)66(84-63(91)19-7-6-10-31-88-64(92)26-27-65(88)93)60(90)38-53(15-12-29-79-71(78)98)68(94)81-54-22-20-51(21-23-54)41-104-73(99)86(30-13-37-106(100,101)102)33-34-103-35-36-105-77-45-74(4)42-75(5,46-77)44-76(43-74,47-77)48-89-50(3)57(39-80-89)55-24-25-62(83-67(55)70(96)97)87-32-28-52-14-11-16-56(58(52)40-87)69(95)85-72-82-59-17-8-9-18-61(59)107-72/h8-9,11,14,16-18,20-27,39,49,53,66H,6-7,10,12-13,15,19,28-38,40-48H2,1-5H3,(H,81,94)(H,84,91)(H,96,97)(H3,78,79,98)(H,82,85,95)(H2,100,101,102)/t53-,66+,74?,75?,76?,77?/m1/s1. The van der Waals surface area contributed by atoms with Gasteiger partial charge in [0.2, 0.25) is 11.8 Å². The number of hydrogen-bond donors (Lipinski definition) is 8. The van der Waals surface area contributed by atoms with Gasteiger partial charge in [-0.2, -0.15) is 5.10 Å². The number of unbranched alkanes of at least 4 members (excludes halogenated alkanes) is 2. The fraction of sp³-hybridized carbons (Fsp3) is 0.506. The van der Waals surface area contributed by atoms with Crippen molar-refractivity contribution in [1.82, 2.24) is 40.2 Å². The minimum atomic E-state index is -4.39. The second-order valence-corrected chi connectivity index (χ2v) is 33.4. The molecule has 6 aliphatic rings. The summed E-state index contributed by atoms with van der Waals surface area (Å²) in [7, 11) is -4.39. The third-order valence-corrected chi connectivity index (χ3v) is 23.0. The molecule has 2 aliphatic heterocycles. The van der Waals surface area contributed by atoms with Gasteiger partial charge in [-0.1, -0.05) is 81.9 Å². The van der Waals surface area contributed by atoms with Gasteiger partial charge in [0.15, 0.2) is 16.6 Å². The van der Waals surface area contributed by atoms with E-state index in [0.717, 1.165) is 70.5 Å². The molecule has 28 nitrogen and oxygen atoms in total. The summed E-state index contributed by atoms with van der Waals surface area (Å²) >= 11 is 1.41. The zero-order valence-electron chi connectivity index (χ0n) is 61.3. The van der Waals surface area contributed by atoms with Crippen molar-refractivity contribution in [3.8, 4) is 11.1 Å². The number of ether oxygens (including phenoxy) is 3. The highest BCUT2D eigenvalue weighted by Gasteiger charge is 2.66. The molecule has 9 N–H and O–H groups in total. The second-order valence-electron chi connectivity index (χ2n) is 30.6. The van der Waals surface area contributed by atoms with Crippen LogP contribution in [0.5, 0.6) is 0 Å². The fourth-order valence-electron chi connectivity index (χ4n) is 17.4. The van der Waals surface area contributed by atoms with Crippen LogP contribution in [0.2, 0.25) is 0 Å². The minimum absolute atomic E-state index is 0.00405. The molecule has 107 heavy (non-hydrogen) atoms. The molecule has 4 atom stereocenters. The van der Waals surface area contributed by atoms with Crippen LogP contribution in [-0.4, -0.2) is 168 Å². The van der Waals surface area contributed by atoms with E-state index < -0.39 is 55.3 Å². The van der Waals surface area contributed by atoms with Crippen LogP contribution in [-0.2, 0) is 68.9 Å². The number of benzene rings is 3. The maximum Gasteiger partial charge on any atom is 0.410 e. The molecule has 4 saturated carbocycles. The van der Waals surface area contributed by atoms with E-state index in [4.69, 9.17) is 30.0 Å². The van der Waals surface area contributed by atoms with Gasteiger partial charge in [-0.25, -0.2) is 24.4 Å². The number of imide groups is 1. The van der Waals surface area contributed by atoms with Crippen LogP contribution in [0.4, 0.5) is 26.2 Å². The number of carboxylic acids is 1. The summed E-state index contributed by atoms with van der Waals surface area (Å²) < 4.78 is 33.7. The number of nitrogens with one attached hydrogen (secondary N) is 4. The lowest BCUT2D eigenvalue weighted by molar-refractivity contribution is -0.250. The summed E-state index contributed by atoms with van der Waals surface area (Å²) in [6.07, 6.45) is 11.1. The Labute approximate surface area is 625 Å². The number of thiazole rings is 1. The van der Waals surface area contributed by atoms with Crippen LogP contribution in [0.1, 0.15) is 161 Å². The van der Waals surface area contributed by atoms with Crippen molar-refractivity contribution in [2.24, 2.45) is 33.8 Å². The number of carbonyl (C=O) groups is 9. The molecule has 4 fully saturated rings. The third-order valence-electron chi connectivity index (χ3n) is 21.2. The first-order chi connectivity index (χ1) is 51.0. The van der Waals surface area contributed by atoms with Crippen LogP contribution in [0, 0.1) is 35.0 Å². The number of para-hydroxylation sites is 1. The molecule has 572 valence electrons. The van der Waals surface area contributed by atoms with E-state index in [1.165, 1.54) is 28.4 Å². The number of fused-ring (bicyclic) bond motifs is 2. The van der Waals surface area contributed by atoms with Gasteiger partial charge >= 0.3 is 25.7 Å². The number of carboxylic acid groups (broad SMARTS) is 1. The van der Waals surface area contributed by atoms with E-state index in [1.807, 2.05) is 65.0 Å². The van der Waals surface area contributed by atoms with E-state index in [-0.39, 0.29) is 136 Å². The number of aromatic carboxylic acids is 1. The van der Waals surface area contributed by atoms with Gasteiger partial charge in [0, 0.05) is 105 Å². The van der Waals surface area contributed by atoms with Crippen LogP contribution < -0.4 is 31.9 Å². The number of pyridine rings is 1. The Balaban J connectivity index is 0.661. The third kappa shape index (κ3) is 20.1. The second kappa shape index (κ2) is 33.9. The Morgan fingerprint density at radius 1 is 0.804 bits per heavy atom. The zero-order valence-corrected chi connectivity index (χ0v) is 63.0. The lowest BCUT2D eigenvalue weighted by atomic mass is 9.39. The van der Waals surface area contributed by atoms with Crippen molar-refractivity contribution in [2.75, 3.05) is 74.2 Å². The first kappa shape index (κ1) is 78.8. The average molecular weight is 1510 g/mol. The molecular weight excluding hydrogens is 1410 g/mol. The van der Waals surface area contributed by atoms with Gasteiger partial charge in [0.1, 0.15) is 12.4 Å². The Morgan fingerprint density at radius 2 is 1.55 bits per heavy atom. The molecule has 4 aliphatic carbocycles. The number of anilines is 3. The highest BCUT2D eigenvalue weighted by molar-refractivity contribution is 7.51. The molecule has 6 aromatic rings. The maximum atomic E-state index is 13.9. The van der Waals surface area contributed by atoms with E-state index in [0.29, 0.717) is 90.6 Å². The quantitative estimate of drug-likeness (QED) is 0.0102. The minimum Gasteiger partial charge on any atom is -0.476 e. The van der Waals surface area contributed by atoms with E-state index >= 15 is 0 Å². The topological polar surface area (TPSA) is 387 Å². The van der Waals surface area contributed by atoms with Crippen molar-refractivity contribution in [1.29, 1.82) is 0 Å². The highest BCUT2D eigenvalue weighted by atomic mass is 32.1. The lowest BCUT2D eigenvalue weighted by Gasteiger charge is -2.69. The normalized spacial score (nSPS) is 20.6. The molecular formula is C77H97N12O16PS. The molecule has 12 rings (SSSR count). The average Bonchev–Trinajstić information content (AvgIpc) is 1.23. The van der Waals surface area contributed by atoms with Crippen molar-refractivity contribution >= 4 is 99.2 Å². The summed E-state index contributed by atoms with van der Waals surface area (Å²) in [6, 6.07) is 22.0. The first-order valence-electron chi connectivity index (χ1n) is 36.7. The first-order valence-corrected chi connectivity index (χ1v) is 39.3. The number of ketones is 1. The summed E-state index contributed by atoms with van der Waals surface area (Å²) in [4.78, 5) is 150. The number of carbonyl (C=O) groups excluding carboxylic acids is 8. The number of hydrogen-bond acceptors (Lipinski definition) is 18. The molecule has 5 heterocycles. The van der Waals surface area contributed by atoms with Crippen molar-refractivity contribution in [2.45, 2.75) is 162 Å². The van der Waals surface area contributed by atoms with Crippen LogP contribution in [0.25, 0.3) is 21.3 Å². The summed E-state index contributed by atoms with van der Waals surface area (Å²) in [5.41, 5.74) is 10.6. The molecule has 4 bridgehead atoms. The molecule has 3 aromatic heterocycles. The van der Waals surface area contributed by atoms with Gasteiger partial charge in [0.05, 0.1) is 54.0 Å². The van der Waals surface area contributed by atoms with Gasteiger partial charge < -0.3 is 60.6 Å². The highest BCUT2D eigenvalue weighted by Crippen LogP contribution is 2.72. The number of rotatable bonds is 37. The van der Waals surface area contributed by atoms with Crippen molar-refractivity contribution in [3.63, 3.8) is 0 Å². The molecule has 0 radical (unpaired) electrons. The lowest BCUT2D eigenvalue weighted by Crippen LogP contribution is -2.64. The zero-order chi connectivity index (χ0) is 76.4. The molecule has 0 saturated heterocycles. The monoisotopic (exact) mass is 1510 g/mol. The van der Waals surface area contributed by atoms with E-state index in [9.17, 15) is 62.6 Å². The van der Waals surface area contributed by atoms with Gasteiger partial charge in [-0.15, -0.1) is 0 Å². The Hall–Kier alpha value is -9.25. The van der Waals surface area contributed by atoms with E-state index in [2.05, 4.69) is 40.1 Å². The number of Topliss-reactive ketones (excluding diaryl/α,β-unsaturated/α-hetero) is 1. The number of nitrogens with two attached hydrogens (primary N) is 1. The maximum absolute atomic E-state index is 13.9. The van der Waals surface area contributed by atoms with Crippen molar-refractivity contribution < 1.29 is 76.8 Å². The predicted octanol–water partition coefficient (Wildman–Crippen LogP) is 10.3. The van der Waals surface area contributed by atoms with Gasteiger partial charge in [-0.3, -0.25) is 48.2 Å². The molecule has 8 amide bonds.